The first-order valence-electron chi connectivity index (χ1n) is 9.19. The number of nitrogens with one attached hydrogen (secondary N) is 1. The molecule has 0 spiro atoms. The summed E-state index contributed by atoms with van der Waals surface area (Å²) in [6, 6.07) is 14.2. The number of methoxy groups -OCH3 is 1. The predicted octanol–water partition coefficient (Wildman–Crippen LogP) is 2.46. The minimum atomic E-state index is -0.617. The second-order valence-corrected chi connectivity index (χ2v) is 6.35. The Balaban J connectivity index is 2.14. The molecule has 1 aromatic carbocycles. The fourth-order valence-corrected chi connectivity index (χ4v) is 2.75. The van der Waals surface area contributed by atoms with Gasteiger partial charge in [0, 0.05) is 19.9 Å². The van der Waals surface area contributed by atoms with Crippen molar-refractivity contribution in [1.82, 2.24) is 14.7 Å². The lowest BCUT2D eigenvalue weighted by molar-refractivity contribution is -0.117. The van der Waals surface area contributed by atoms with Gasteiger partial charge in [-0.3, -0.25) is 14.0 Å². The van der Waals surface area contributed by atoms with Gasteiger partial charge in [0.2, 0.25) is 5.88 Å². The lowest BCUT2D eigenvalue weighted by Crippen LogP contribution is -2.28. The lowest BCUT2D eigenvalue weighted by Gasteiger charge is -2.11. The van der Waals surface area contributed by atoms with Crippen molar-refractivity contribution in [3.63, 3.8) is 0 Å². The van der Waals surface area contributed by atoms with Crippen molar-refractivity contribution in [2.75, 3.05) is 20.3 Å². The third-order valence-electron chi connectivity index (χ3n) is 4.25. The smallest absolute Gasteiger partial charge is 0.269 e. The van der Waals surface area contributed by atoms with E-state index in [1.807, 2.05) is 25.1 Å². The van der Waals surface area contributed by atoms with E-state index in [2.05, 4.69) is 10.3 Å². The van der Waals surface area contributed by atoms with Gasteiger partial charge in [-0.15, -0.1) is 0 Å². The summed E-state index contributed by atoms with van der Waals surface area (Å²) in [7, 11) is 1.50. The van der Waals surface area contributed by atoms with Gasteiger partial charge in [-0.1, -0.05) is 24.3 Å². The number of aromatic nitrogens is 2. The molecular weight excluding hydrogens is 384 g/mol. The molecule has 2 aromatic heterocycles. The summed E-state index contributed by atoms with van der Waals surface area (Å²) in [6.45, 7) is 2.36. The third-order valence-corrected chi connectivity index (χ3v) is 4.25. The van der Waals surface area contributed by atoms with Crippen LogP contribution in [0.3, 0.4) is 0 Å². The monoisotopic (exact) mass is 404 g/mol. The van der Waals surface area contributed by atoms with Gasteiger partial charge in [0.25, 0.3) is 11.5 Å². The van der Waals surface area contributed by atoms with Crippen LogP contribution in [0.5, 0.6) is 11.6 Å². The number of hydrogen-bond donors (Lipinski definition) is 1. The van der Waals surface area contributed by atoms with Gasteiger partial charge in [0.1, 0.15) is 28.6 Å². The Labute approximate surface area is 173 Å². The standard InChI is InChI=1S/C22H20N4O4/c1-15-7-6-11-26-19(15)25-21(30-17-8-4-3-5-9-17)18(22(26)28)13-16(14-23)20(27)24-10-12-29-2/h3-9,11,13H,10,12H2,1-2H3,(H,24,27)/b16-13+. The van der Waals surface area contributed by atoms with Gasteiger partial charge in [-0.25, -0.2) is 0 Å². The minimum Gasteiger partial charge on any atom is -0.438 e. The molecule has 3 aromatic rings. The summed E-state index contributed by atoms with van der Waals surface area (Å²) in [6.07, 6.45) is 2.77. The van der Waals surface area contributed by atoms with Gasteiger partial charge < -0.3 is 14.8 Å². The number of nitriles is 1. The molecule has 3 rings (SSSR count). The number of pyridine rings is 1. The maximum Gasteiger partial charge on any atom is 0.269 e. The van der Waals surface area contributed by atoms with Gasteiger partial charge in [0.15, 0.2) is 0 Å². The first kappa shape index (κ1) is 20.8. The Bertz CT molecular complexity index is 1190. The number of rotatable bonds is 7. The number of amides is 1. The van der Waals surface area contributed by atoms with Crippen LogP contribution in [0.1, 0.15) is 11.1 Å². The van der Waals surface area contributed by atoms with Crippen molar-refractivity contribution >= 4 is 17.6 Å². The van der Waals surface area contributed by atoms with Crippen LogP contribution in [0, 0.1) is 18.3 Å². The predicted molar refractivity (Wildman–Crippen MR) is 111 cm³/mol. The Morgan fingerprint density at radius 2 is 2.03 bits per heavy atom. The molecule has 30 heavy (non-hydrogen) atoms. The first-order chi connectivity index (χ1) is 14.5. The molecule has 0 fully saturated rings. The number of para-hydroxylation sites is 1. The molecule has 0 aliphatic rings. The van der Waals surface area contributed by atoms with Crippen molar-refractivity contribution in [2.45, 2.75) is 6.92 Å². The summed E-state index contributed by atoms with van der Waals surface area (Å²) in [5.74, 6) is -0.132. The maximum absolute atomic E-state index is 13.2. The van der Waals surface area contributed by atoms with Gasteiger partial charge in [-0.2, -0.15) is 10.2 Å². The fraction of sp³-hybridized carbons (Fsp3) is 0.182. The van der Waals surface area contributed by atoms with Crippen LogP contribution in [0.15, 0.2) is 59.0 Å². The van der Waals surface area contributed by atoms with E-state index in [0.29, 0.717) is 18.0 Å². The van der Waals surface area contributed by atoms with Crippen LogP contribution in [0.2, 0.25) is 0 Å². The van der Waals surface area contributed by atoms with Crippen molar-refractivity contribution in [1.29, 1.82) is 5.26 Å². The van der Waals surface area contributed by atoms with Crippen molar-refractivity contribution in [2.24, 2.45) is 0 Å². The summed E-state index contributed by atoms with van der Waals surface area (Å²) >= 11 is 0. The van der Waals surface area contributed by atoms with E-state index in [1.165, 1.54) is 17.6 Å². The zero-order valence-electron chi connectivity index (χ0n) is 16.6. The average molecular weight is 404 g/mol. The molecule has 0 radical (unpaired) electrons. The minimum absolute atomic E-state index is 0.000365. The summed E-state index contributed by atoms with van der Waals surface area (Å²) in [4.78, 5) is 30.0. The van der Waals surface area contributed by atoms with E-state index in [-0.39, 0.29) is 23.6 Å². The molecule has 0 saturated carbocycles. The molecule has 1 amide bonds. The zero-order valence-corrected chi connectivity index (χ0v) is 16.6. The molecule has 0 aliphatic carbocycles. The van der Waals surface area contributed by atoms with E-state index >= 15 is 0 Å². The highest BCUT2D eigenvalue weighted by molar-refractivity contribution is 6.01. The third kappa shape index (κ3) is 4.54. The van der Waals surface area contributed by atoms with Crippen molar-refractivity contribution < 1.29 is 14.3 Å². The maximum atomic E-state index is 13.2. The van der Waals surface area contributed by atoms with E-state index in [0.717, 1.165) is 5.56 Å². The Morgan fingerprint density at radius 1 is 1.27 bits per heavy atom. The fourth-order valence-electron chi connectivity index (χ4n) is 2.75. The number of hydrogen-bond acceptors (Lipinski definition) is 6. The average Bonchev–Trinajstić information content (AvgIpc) is 2.75. The summed E-state index contributed by atoms with van der Waals surface area (Å²) in [5, 5.41) is 12.0. The number of benzene rings is 1. The number of fused-ring (bicyclic) bond motifs is 1. The van der Waals surface area contributed by atoms with Crippen LogP contribution >= 0.6 is 0 Å². The quantitative estimate of drug-likeness (QED) is 0.368. The highest BCUT2D eigenvalue weighted by Gasteiger charge is 2.17. The van der Waals surface area contributed by atoms with Gasteiger partial charge in [0.05, 0.1) is 6.61 Å². The van der Waals surface area contributed by atoms with Crippen LogP contribution in [-0.2, 0) is 9.53 Å². The number of carbonyl (C=O) groups excluding carboxylic acids is 1. The second-order valence-electron chi connectivity index (χ2n) is 6.35. The van der Waals surface area contributed by atoms with Crippen molar-refractivity contribution in [3.8, 4) is 17.7 Å². The second kappa shape index (κ2) is 9.49. The molecule has 0 aliphatic heterocycles. The number of nitrogens with zero attached hydrogens (tertiary/aromatic N) is 3. The van der Waals surface area contributed by atoms with Crippen LogP contribution < -0.4 is 15.6 Å². The summed E-state index contributed by atoms with van der Waals surface area (Å²) in [5.41, 5.74) is 0.512. The highest BCUT2D eigenvalue weighted by atomic mass is 16.5. The molecule has 1 N–H and O–H groups in total. The van der Waals surface area contributed by atoms with Crippen molar-refractivity contribution in [3.05, 3.63) is 75.7 Å². The number of ether oxygens (including phenoxy) is 2. The van der Waals surface area contributed by atoms with E-state index in [9.17, 15) is 14.9 Å². The number of aryl methyl sites for hydroxylation is 1. The topological polar surface area (TPSA) is 106 Å². The highest BCUT2D eigenvalue weighted by Crippen LogP contribution is 2.24. The molecule has 152 valence electrons. The zero-order chi connectivity index (χ0) is 21.5. The normalized spacial score (nSPS) is 11.2. The lowest BCUT2D eigenvalue weighted by atomic mass is 10.1. The Morgan fingerprint density at radius 3 is 2.73 bits per heavy atom. The Kier molecular flexibility index (Phi) is 6.57. The molecule has 8 nitrogen and oxygen atoms in total. The molecule has 0 atom stereocenters. The Hall–Kier alpha value is -3.96. The van der Waals surface area contributed by atoms with Gasteiger partial charge in [-0.05, 0) is 36.8 Å². The van der Waals surface area contributed by atoms with E-state index in [4.69, 9.17) is 9.47 Å². The van der Waals surface area contributed by atoms with Crippen LogP contribution in [-0.4, -0.2) is 35.6 Å². The SMILES string of the molecule is COCCNC(=O)/C(C#N)=C/c1c(Oc2ccccc2)nc2c(C)cccn2c1=O. The molecule has 0 unspecified atom stereocenters. The van der Waals surface area contributed by atoms with Crippen LogP contribution in [0.25, 0.3) is 11.7 Å². The molecule has 8 heteroatoms. The molecule has 0 saturated heterocycles. The molecule has 0 bridgehead atoms. The summed E-state index contributed by atoms with van der Waals surface area (Å²) < 4.78 is 12.1. The van der Waals surface area contributed by atoms with Crippen LogP contribution in [0.4, 0.5) is 0 Å². The number of carbonyl (C=O) groups is 1. The van der Waals surface area contributed by atoms with E-state index < -0.39 is 11.5 Å². The molecule has 2 heterocycles. The molecular formula is C22H20N4O4. The van der Waals surface area contributed by atoms with Gasteiger partial charge >= 0.3 is 0 Å². The first-order valence-corrected chi connectivity index (χ1v) is 9.19. The largest absolute Gasteiger partial charge is 0.438 e. The van der Waals surface area contributed by atoms with E-state index in [1.54, 1.807) is 36.5 Å².